The van der Waals surface area contributed by atoms with Crippen molar-refractivity contribution in [2.75, 3.05) is 13.2 Å². The molecule has 0 fully saturated rings. The number of hydrogen-bond acceptors (Lipinski definition) is 2. The second-order valence-corrected chi connectivity index (χ2v) is 4.05. The van der Waals surface area contributed by atoms with Crippen LogP contribution in [-0.4, -0.2) is 19.0 Å². The summed E-state index contributed by atoms with van der Waals surface area (Å²) in [4.78, 5) is 11.8. The van der Waals surface area contributed by atoms with Gasteiger partial charge in [0, 0.05) is 19.6 Å². The predicted octanol–water partition coefficient (Wildman–Crippen LogP) is 3.26. The first-order valence-corrected chi connectivity index (χ1v) is 6.14. The van der Waals surface area contributed by atoms with E-state index in [-0.39, 0.29) is 0 Å². The van der Waals surface area contributed by atoms with E-state index in [2.05, 4.69) is 6.08 Å². The van der Waals surface area contributed by atoms with E-state index in [0.29, 0.717) is 12.2 Å². The van der Waals surface area contributed by atoms with E-state index in [1.165, 1.54) is 19.3 Å². The molecule has 0 bridgehead atoms. The molecule has 1 aliphatic carbocycles. The van der Waals surface area contributed by atoms with Gasteiger partial charge in [0.2, 0.25) is 0 Å². The van der Waals surface area contributed by atoms with Crippen LogP contribution in [0, 0.1) is 0 Å². The summed E-state index contributed by atoms with van der Waals surface area (Å²) >= 11 is 0. The van der Waals surface area contributed by atoms with E-state index >= 15 is 0 Å². The van der Waals surface area contributed by atoms with Gasteiger partial charge >= 0.3 is 0 Å². The molecule has 1 rings (SSSR count). The van der Waals surface area contributed by atoms with Crippen molar-refractivity contribution in [1.82, 2.24) is 0 Å². The predicted molar refractivity (Wildman–Crippen MR) is 61.9 cm³/mol. The van der Waals surface area contributed by atoms with Gasteiger partial charge in [-0.05, 0) is 44.6 Å². The van der Waals surface area contributed by atoms with Gasteiger partial charge in [0.1, 0.15) is 0 Å². The zero-order chi connectivity index (χ0) is 10.9. The third kappa shape index (κ3) is 5.12. The molecule has 0 aromatic carbocycles. The minimum atomic E-state index is 0.344. The highest BCUT2D eigenvalue weighted by atomic mass is 16.5. The van der Waals surface area contributed by atoms with Crippen molar-refractivity contribution >= 4 is 5.78 Å². The average molecular weight is 210 g/mol. The number of ether oxygens (including phenoxy) is 1. The Labute approximate surface area is 92.7 Å². The molecule has 2 heteroatoms. The molecular weight excluding hydrogens is 188 g/mol. The Balaban J connectivity index is 2.22. The highest BCUT2D eigenvalue weighted by Gasteiger charge is 2.10. The van der Waals surface area contributed by atoms with Gasteiger partial charge in [0.05, 0.1) is 0 Å². The number of hydrogen-bond donors (Lipinski definition) is 0. The van der Waals surface area contributed by atoms with Crippen molar-refractivity contribution in [2.45, 2.75) is 51.9 Å². The molecule has 0 radical (unpaired) electrons. The van der Waals surface area contributed by atoms with E-state index in [1.807, 2.05) is 6.92 Å². The van der Waals surface area contributed by atoms with Crippen molar-refractivity contribution in [3.05, 3.63) is 11.6 Å². The Hall–Kier alpha value is -0.630. The van der Waals surface area contributed by atoms with Gasteiger partial charge in [-0.1, -0.05) is 12.5 Å². The van der Waals surface area contributed by atoms with Crippen molar-refractivity contribution in [3.8, 4) is 0 Å². The lowest BCUT2D eigenvalue weighted by Crippen LogP contribution is -2.04. The topological polar surface area (TPSA) is 26.3 Å². The summed E-state index contributed by atoms with van der Waals surface area (Å²) in [5, 5.41) is 0. The number of rotatable bonds is 6. The van der Waals surface area contributed by atoms with E-state index in [1.54, 1.807) is 0 Å². The first kappa shape index (κ1) is 12.4. The molecule has 86 valence electrons. The van der Waals surface area contributed by atoms with Crippen LogP contribution in [0.2, 0.25) is 0 Å². The number of carbonyl (C=O) groups excluding carboxylic acids is 1. The van der Waals surface area contributed by atoms with Crippen molar-refractivity contribution in [3.63, 3.8) is 0 Å². The Bertz CT molecular complexity index is 219. The summed E-state index contributed by atoms with van der Waals surface area (Å²) in [7, 11) is 0. The largest absolute Gasteiger partial charge is 0.382 e. The van der Waals surface area contributed by atoms with Crippen molar-refractivity contribution in [2.24, 2.45) is 0 Å². The fourth-order valence-corrected chi connectivity index (χ4v) is 1.91. The molecule has 0 aromatic rings. The Morgan fingerprint density at radius 3 is 3.07 bits per heavy atom. The third-order valence-corrected chi connectivity index (χ3v) is 2.80. The van der Waals surface area contributed by atoms with Crippen LogP contribution in [0.3, 0.4) is 0 Å². The maximum absolute atomic E-state index is 11.8. The molecule has 0 N–H and O–H groups in total. The lowest BCUT2D eigenvalue weighted by molar-refractivity contribution is -0.116. The lowest BCUT2D eigenvalue weighted by atomic mass is 10.0. The van der Waals surface area contributed by atoms with Crippen molar-refractivity contribution < 1.29 is 9.53 Å². The molecule has 0 atom stereocenters. The van der Waals surface area contributed by atoms with E-state index in [4.69, 9.17) is 4.74 Å². The monoisotopic (exact) mass is 210 g/mol. The Kier molecular flexibility index (Phi) is 6.33. The summed E-state index contributed by atoms with van der Waals surface area (Å²) in [5.74, 6) is 0.344. The summed E-state index contributed by atoms with van der Waals surface area (Å²) in [6.45, 7) is 3.45. The van der Waals surface area contributed by atoms with E-state index in [0.717, 1.165) is 38.0 Å². The quantitative estimate of drug-likeness (QED) is 0.629. The molecule has 0 aliphatic heterocycles. The van der Waals surface area contributed by atoms with Crippen LogP contribution >= 0.6 is 0 Å². The molecule has 15 heavy (non-hydrogen) atoms. The Morgan fingerprint density at radius 1 is 1.40 bits per heavy atom. The SMILES string of the molecule is CCOCCCC(=O)C1=CCCCCC1. The number of allylic oxidation sites excluding steroid dienone is 2. The lowest BCUT2D eigenvalue weighted by Gasteiger charge is -2.04. The van der Waals surface area contributed by atoms with Gasteiger partial charge in [-0.3, -0.25) is 4.79 Å². The number of carbonyl (C=O) groups is 1. The first-order chi connectivity index (χ1) is 7.34. The maximum Gasteiger partial charge on any atom is 0.158 e. The van der Waals surface area contributed by atoms with Gasteiger partial charge in [-0.25, -0.2) is 0 Å². The van der Waals surface area contributed by atoms with Crippen LogP contribution < -0.4 is 0 Å². The number of ketones is 1. The fraction of sp³-hybridized carbons (Fsp3) is 0.769. The minimum absolute atomic E-state index is 0.344. The summed E-state index contributed by atoms with van der Waals surface area (Å²) in [6, 6.07) is 0. The van der Waals surface area contributed by atoms with Gasteiger partial charge in [-0.15, -0.1) is 0 Å². The molecule has 0 aromatic heterocycles. The third-order valence-electron chi connectivity index (χ3n) is 2.80. The maximum atomic E-state index is 11.8. The fourth-order valence-electron chi connectivity index (χ4n) is 1.91. The van der Waals surface area contributed by atoms with Gasteiger partial charge in [-0.2, -0.15) is 0 Å². The Morgan fingerprint density at radius 2 is 2.27 bits per heavy atom. The molecular formula is C13H22O2. The second-order valence-electron chi connectivity index (χ2n) is 4.05. The standard InChI is InChI=1S/C13H22O2/c1-2-15-11-7-10-13(14)12-8-5-3-4-6-9-12/h8H,2-7,9-11H2,1H3. The van der Waals surface area contributed by atoms with Crippen LogP contribution in [0.1, 0.15) is 51.9 Å². The molecule has 1 aliphatic rings. The number of Topliss-reactive ketones (excluding diaryl/α,β-unsaturated/α-hetero) is 1. The van der Waals surface area contributed by atoms with Crippen LogP contribution in [0.4, 0.5) is 0 Å². The van der Waals surface area contributed by atoms with Crippen LogP contribution in [0.5, 0.6) is 0 Å². The zero-order valence-corrected chi connectivity index (χ0v) is 9.76. The summed E-state index contributed by atoms with van der Waals surface area (Å²) in [5.41, 5.74) is 1.07. The van der Waals surface area contributed by atoms with Crippen LogP contribution in [0.25, 0.3) is 0 Å². The highest BCUT2D eigenvalue weighted by molar-refractivity contribution is 5.95. The van der Waals surface area contributed by atoms with Gasteiger partial charge < -0.3 is 4.74 Å². The smallest absolute Gasteiger partial charge is 0.158 e. The van der Waals surface area contributed by atoms with Crippen LogP contribution in [-0.2, 0) is 9.53 Å². The van der Waals surface area contributed by atoms with Gasteiger partial charge in [0.15, 0.2) is 5.78 Å². The minimum Gasteiger partial charge on any atom is -0.382 e. The molecule has 0 spiro atoms. The molecule has 0 amide bonds. The molecule has 0 saturated heterocycles. The molecule has 2 nitrogen and oxygen atoms in total. The summed E-state index contributed by atoms with van der Waals surface area (Å²) < 4.78 is 5.22. The normalized spacial score (nSPS) is 17.0. The molecule has 0 unspecified atom stereocenters. The zero-order valence-electron chi connectivity index (χ0n) is 9.76. The van der Waals surface area contributed by atoms with Crippen LogP contribution in [0.15, 0.2) is 11.6 Å². The average Bonchev–Trinajstić information content (AvgIpc) is 2.52. The molecule has 0 saturated carbocycles. The van der Waals surface area contributed by atoms with E-state index < -0.39 is 0 Å². The summed E-state index contributed by atoms with van der Waals surface area (Å²) in [6.07, 6.45) is 9.46. The van der Waals surface area contributed by atoms with Crippen molar-refractivity contribution in [1.29, 1.82) is 0 Å². The van der Waals surface area contributed by atoms with E-state index in [9.17, 15) is 4.79 Å². The van der Waals surface area contributed by atoms with Gasteiger partial charge in [0.25, 0.3) is 0 Å². The second kappa shape index (κ2) is 7.63. The molecule has 0 heterocycles. The highest BCUT2D eigenvalue weighted by Crippen LogP contribution is 2.19. The first-order valence-electron chi connectivity index (χ1n) is 6.14.